The molecule has 0 saturated heterocycles. The molecule has 0 unspecified atom stereocenters. The van der Waals surface area contributed by atoms with Crippen LogP contribution in [0.25, 0.3) is 0 Å². The third-order valence-corrected chi connectivity index (χ3v) is 3.92. The fraction of sp³-hybridized carbons (Fsp3) is 0.650. The van der Waals surface area contributed by atoms with E-state index < -0.39 is 0 Å². The first kappa shape index (κ1) is 26.6. The maximum atomic E-state index is 5.58. The lowest BCUT2D eigenvalue weighted by molar-refractivity contribution is 0.108. The molecule has 1 rings (SSSR count). The van der Waals surface area contributed by atoms with Crippen molar-refractivity contribution in [3.8, 4) is 17.2 Å². The molecule has 0 bridgehead atoms. The van der Waals surface area contributed by atoms with Gasteiger partial charge in [-0.25, -0.2) is 0 Å². The average molecular weight is 509 g/mol. The molecular weight excluding hydrogens is 473 g/mol. The summed E-state index contributed by atoms with van der Waals surface area (Å²) in [6.07, 6.45) is 1.67. The summed E-state index contributed by atoms with van der Waals surface area (Å²) in [4.78, 5) is 4.25. The van der Waals surface area contributed by atoms with E-state index in [1.807, 2.05) is 12.1 Å². The van der Waals surface area contributed by atoms with Gasteiger partial charge in [0.05, 0.1) is 21.3 Å². The lowest BCUT2D eigenvalue weighted by Gasteiger charge is -2.16. The second-order valence-corrected chi connectivity index (χ2v) is 6.51. The van der Waals surface area contributed by atoms with Crippen molar-refractivity contribution in [3.05, 3.63) is 17.7 Å². The number of nitrogens with zero attached hydrogens (tertiary/aromatic N) is 1. The molecule has 0 aliphatic carbocycles. The van der Waals surface area contributed by atoms with Crippen LogP contribution in [0, 0.1) is 5.92 Å². The van der Waals surface area contributed by atoms with Crippen LogP contribution in [0.4, 0.5) is 0 Å². The molecular formula is C20H36IN3O4. The van der Waals surface area contributed by atoms with Crippen LogP contribution in [0.5, 0.6) is 17.2 Å². The van der Waals surface area contributed by atoms with Crippen LogP contribution in [-0.2, 0) is 11.2 Å². The van der Waals surface area contributed by atoms with E-state index in [0.29, 0.717) is 18.2 Å². The molecule has 0 amide bonds. The summed E-state index contributed by atoms with van der Waals surface area (Å²) in [5, 5.41) is 6.61. The second kappa shape index (κ2) is 15.5. The highest BCUT2D eigenvalue weighted by Crippen LogP contribution is 2.34. The van der Waals surface area contributed by atoms with Gasteiger partial charge in [0.2, 0.25) is 0 Å². The van der Waals surface area contributed by atoms with Crippen molar-refractivity contribution in [2.24, 2.45) is 10.9 Å². The Kier molecular flexibility index (Phi) is 14.7. The summed E-state index contributed by atoms with van der Waals surface area (Å²) in [5.41, 5.74) is 0.992. The quantitative estimate of drug-likeness (QED) is 0.195. The highest BCUT2D eigenvalue weighted by atomic mass is 127. The summed E-state index contributed by atoms with van der Waals surface area (Å²) in [6, 6.07) is 3.73. The zero-order valence-corrected chi connectivity index (χ0v) is 20.3. The van der Waals surface area contributed by atoms with Crippen LogP contribution in [0.15, 0.2) is 17.1 Å². The Hall–Kier alpha value is -1.42. The molecule has 28 heavy (non-hydrogen) atoms. The van der Waals surface area contributed by atoms with E-state index in [2.05, 4.69) is 29.5 Å². The predicted octanol–water partition coefficient (Wildman–Crippen LogP) is 3.10. The first-order valence-corrected chi connectivity index (χ1v) is 9.36. The molecule has 0 radical (unpaired) electrons. The van der Waals surface area contributed by atoms with Gasteiger partial charge in [-0.3, -0.25) is 4.99 Å². The van der Waals surface area contributed by atoms with Crippen molar-refractivity contribution in [1.82, 2.24) is 10.6 Å². The first-order valence-electron chi connectivity index (χ1n) is 9.36. The molecule has 0 spiro atoms. The monoisotopic (exact) mass is 509 g/mol. The SMILES string of the molecule is CN=C(NCCCOCC(C)C)NCCc1c(OC)cc(OC)cc1OC.I. The number of ether oxygens (including phenoxy) is 4. The Morgan fingerprint density at radius 1 is 1.00 bits per heavy atom. The third-order valence-electron chi connectivity index (χ3n) is 3.92. The van der Waals surface area contributed by atoms with Crippen LogP contribution >= 0.6 is 24.0 Å². The van der Waals surface area contributed by atoms with Crippen LogP contribution in [0.3, 0.4) is 0 Å². The Labute approximate surface area is 186 Å². The van der Waals surface area contributed by atoms with E-state index in [1.165, 1.54) is 0 Å². The molecule has 0 fully saturated rings. The van der Waals surface area contributed by atoms with E-state index in [9.17, 15) is 0 Å². The number of halogens is 1. The van der Waals surface area contributed by atoms with Crippen molar-refractivity contribution in [3.63, 3.8) is 0 Å². The van der Waals surface area contributed by atoms with Crippen LogP contribution < -0.4 is 24.8 Å². The van der Waals surface area contributed by atoms with Crippen molar-refractivity contribution < 1.29 is 18.9 Å². The minimum absolute atomic E-state index is 0. The summed E-state index contributed by atoms with van der Waals surface area (Å²) >= 11 is 0. The number of nitrogens with one attached hydrogen (secondary N) is 2. The molecule has 8 heteroatoms. The molecule has 1 aromatic carbocycles. The number of rotatable bonds is 12. The minimum atomic E-state index is 0. The Bertz CT molecular complexity index is 558. The van der Waals surface area contributed by atoms with Gasteiger partial charge in [-0.1, -0.05) is 13.8 Å². The lowest BCUT2D eigenvalue weighted by atomic mass is 10.1. The first-order chi connectivity index (χ1) is 13.0. The van der Waals surface area contributed by atoms with Gasteiger partial charge < -0.3 is 29.6 Å². The summed E-state index contributed by atoms with van der Waals surface area (Å²) in [5.74, 6) is 3.54. The second-order valence-electron chi connectivity index (χ2n) is 6.51. The van der Waals surface area contributed by atoms with Gasteiger partial charge in [0, 0.05) is 51.0 Å². The maximum Gasteiger partial charge on any atom is 0.190 e. The highest BCUT2D eigenvalue weighted by molar-refractivity contribution is 14.0. The smallest absolute Gasteiger partial charge is 0.190 e. The zero-order chi connectivity index (χ0) is 20.1. The van der Waals surface area contributed by atoms with Gasteiger partial charge in [-0.15, -0.1) is 24.0 Å². The topological polar surface area (TPSA) is 73.3 Å². The zero-order valence-electron chi connectivity index (χ0n) is 18.0. The molecule has 0 saturated carbocycles. The van der Waals surface area contributed by atoms with E-state index >= 15 is 0 Å². The number of hydrogen-bond donors (Lipinski definition) is 2. The normalized spacial score (nSPS) is 11.0. The van der Waals surface area contributed by atoms with E-state index in [0.717, 1.165) is 55.6 Å². The average Bonchev–Trinajstić information content (AvgIpc) is 2.68. The molecule has 2 N–H and O–H groups in total. The van der Waals surface area contributed by atoms with Gasteiger partial charge in [0.1, 0.15) is 17.2 Å². The Balaban J connectivity index is 0.00000729. The molecule has 162 valence electrons. The molecule has 7 nitrogen and oxygen atoms in total. The molecule has 0 atom stereocenters. The number of guanidine groups is 1. The number of hydrogen-bond acceptors (Lipinski definition) is 5. The third kappa shape index (κ3) is 9.68. The standard InChI is InChI=1S/C20H35N3O4.HI/c1-15(2)14-27-11-7-9-22-20(21-3)23-10-8-17-18(25-5)12-16(24-4)13-19(17)26-6;/h12-13,15H,7-11,14H2,1-6H3,(H2,21,22,23);1H. The number of methoxy groups -OCH3 is 3. The van der Waals surface area contributed by atoms with Gasteiger partial charge in [-0.05, 0) is 18.8 Å². The fourth-order valence-electron chi connectivity index (χ4n) is 2.55. The van der Waals surface area contributed by atoms with Crippen LogP contribution in [-0.4, -0.2) is 60.6 Å². The number of benzene rings is 1. The summed E-state index contributed by atoms with van der Waals surface area (Å²) < 4.78 is 21.8. The van der Waals surface area contributed by atoms with E-state index in [4.69, 9.17) is 18.9 Å². The Morgan fingerprint density at radius 3 is 2.11 bits per heavy atom. The molecule has 0 aliphatic heterocycles. The van der Waals surface area contributed by atoms with Crippen molar-refractivity contribution >= 4 is 29.9 Å². The highest BCUT2D eigenvalue weighted by Gasteiger charge is 2.13. The lowest BCUT2D eigenvalue weighted by Crippen LogP contribution is -2.39. The van der Waals surface area contributed by atoms with Gasteiger partial charge >= 0.3 is 0 Å². The van der Waals surface area contributed by atoms with Crippen molar-refractivity contribution in [2.75, 3.05) is 54.7 Å². The van der Waals surface area contributed by atoms with Crippen molar-refractivity contribution in [1.29, 1.82) is 0 Å². The molecule has 0 aliphatic rings. The van der Waals surface area contributed by atoms with E-state index in [1.54, 1.807) is 28.4 Å². The van der Waals surface area contributed by atoms with Gasteiger partial charge in [0.25, 0.3) is 0 Å². The largest absolute Gasteiger partial charge is 0.496 e. The van der Waals surface area contributed by atoms with Crippen LogP contribution in [0.2, 0.25) is 0 Å². The van der Waals surface area contributed by atoms with E-state index in [-0.39, 0.29) is 24.0 Å². The van der Waals surface area contributed by atoms with Gasteiger partial charge in [-0.2, -0.15) is 0 Å². The molecule has 0 heterocycles. The summed E-state index contributed by atoms with van der Waals surface area (Å²) in [6.45, 7) is 7.37. The van der Waals surface area contributed by atoms with Gasteiger partial charge in [0.15, 0.2) is 5.96 Å². The van der Waals surface area contributed by atoms with Crippen molar-refractivity contribution in [2.45, 2.75) is 26.7 Å². The Morgan fingerprint density at radius 2 is 1.61 bits per heavy atom. The fourth-order valence-corrected chi connectivity index (χ4v) is 2.55. The summed E-state index contributed by atoms with van der Waals surface area (Å²) in [7, 11) is 6.68. The molecule has 0 aromatic heterocycles. The van der Waals surface area contributed by atoms with Crippen LogP contribution in [0.1, 0.15) is 25.8 Å². The molecule has 1 aromatic rings. The maximum absolute atomic E-state index is 5.58. The minimum Gasteiger partial charge on any atom is -0.496 e. The predicted molar refractivity (Wildman–Crippen MR) is 125 cm³/mol. The number of aliphatic imine (C=N–C) groups is 1.